The highest BCUT2D eigenvalue weighted by Crippen LogP contribution is 2.15. The summed E-state index contributed by atoms with van der Waals surface area (Å²) in [7, 11) is -3.38. The Bertz CT molecular complexity index is 429. The van der Waals surface area contributed by atoms with Crippen molar-refractivity contribution in [2.24, 2.45) is 5.73 Å². The Morgan fingerprint density at radius 1 is 1.31 bits per heavy atom. The minimum absolute atomic E-state index is 0.370. The second-order valence-corrected chi connectivity index (χ2v) is 5.24. The van der Waals surface area contributed by atoms with Gasteiger partial charge in [-0.2, -0.15) is 0 Å². The van der Waals surface area contributed by atoms with Crippen molar-refractivity contribution >= 4 is 10.0 Å². The molecular weight excluding hydrogens is 224 g/mol. The van der Waals surface area contributed by atoms with Crippen molar-refractivity contribution in [2.45, 2.75) is 24.7 Å². The van der Waals surface area contributed by atoms with E-state index in [1.54, 1.807) is 12.1 Å². The van der Waals surface area contributed by atoms with Gasteiger partial charge in [-0.05, 0) is 31.0 Å². The van der Waals surface area contributed by atoms with E-state index in [4.69, 9.17) is 5.73 Å². The Morgan fingerprint density at radius 3 is 2.62 bits per heavy atom. The van der Waals surface area contributed by atoms with Crippen molar-refractivity contribution in [1.29, 1.82) is 0 Å². The van der Waals surface area contributed by atoms with E-state index in [9.17, 15) is 8.42 Å². The van der Waals surface area contributed by atoms with Gasteiger partial charge in [0.1, 0.15) is 0 Å². The van der Waals surface area contributed by atoms with Gasteiger partial charge < -0.3 is 5.73 Å². The molecule has 0 spiro atoms. The molecule has 4 nitrogen and oxygen atoms in total. The van der Waals surface area contributed by atoms with Gasteiger partial charge in [0.05, 0.1) is 4.90 Å². The van der Waals surface area contributed by atoms with Gasteiger partial charge in [-0.15, -0.1) is 0 Å². The van der Waals surface area contributed by atoms with Crippen LogP contribution in [0.2, 0.25) is 0 Å². The van der Waals surface area contributed by atoms with Crippen LogP contribution in [0.3, 0.4) is 0 Å². The first-order valence-corrected chi connectivity index (χ1v) is 6.87. The van der Waals surface area contributed by atoms with Crippen LogP contribution >= 0.6 is 0 Å². The first-order valence-electron chi connectivity index (χ1n) is 5.39. The molecule has 0 unspecified atom stereocenters. The van der Waals surface area contributed by atoms with Gasteiger partial charge in [0.15, 0.2) is 0 Å². The maximum Gasteiger partial charge on any atom is 0.240 e. The van der Waals surface area contributed by atoms with Gasteiger partial charge >= 0.3 is 0 Å². The summed E-state index contributed by atoms with van der Waals surface area (Å²) in [5, 5.41) is 0. The number of nitrogens with two attached hydrogens (primary N) is 1. The van der Waals surface area contributed by atoms with Crippen LogP contribution in [0, 0.1) is 0 Å². The monoisotopic (exact) mass is 242 g/mol. The lowest BCUT2D eigenvalue weighted by Gasteiger charge is -2.09. The quantitative estimate of drug-likeness (QED) is 0.727. The minimum Gasteiger partial charge on any atom is -0.330 e. The fourth-order valence-electron chi connectivity index (χ4n) is 1.44. The highest BCUT2D eigenvalue weighted by Gasteiger charge is 2.15. The van der Waals surface area contributed by atoms with Crippen LogP contribution in [-0.4, -0.2) is 21.5 Å². The molecule has 0 aliphatic rings. The second kappa shape index (κ2) is 5.98. The molecule has 0 heterocycles. The lowest BCUT2D eigenvalue weighted by Crippen LogP contribution is -2.27. The van der Waals surface area contributed by atoms with E-state index in [1.165, 1.54) is 0 Å². The number of benzene rings is 1. The molecule has 0 bridgehead atoms. The molecule has 0 amide bonds. The Labute approximate surface area is 96.9 Å². The smallest absolute Gasteiger partial charge is 0.240 e. The Morgan fingerprint density at radius 2 is 2.00 bits per heavy atom. The summed E-state index contributed by atoms with van der Waals surface area (Å²) in [4.78, 5) is 0.370. The normalized spacial score (nSPS) is 11.6. The summed E-state index contributed by atoms with van der Waals surface area (Å²) in [6.07, 6.45) is 1.35. The van der Waals surface area contributed by atoms with E-state index in [0.29, 0.717) is 30.8 Å². The van der Waals surface area contributed by atoms with Gasteiger partial charge in [-0.25, -0.2) is 13.1 Å². The zero-order chi connectivity index (χ0) is 12.0. The topological polar surface area (TPSA) is 72.2 Å². The van der Waals surface area contributed by atoms with Crippen molar-refractivity contribution in [3.05, 3.63) is 29.8 Å². The number of rotatable bonds is 6. The maximum atomic E-state index is 11.9. The Balaban J connectivity index is 2.89. The van der Waals surface area contributed by atoms with Crippen molar-refractivity contribution in [1.82, 2.24) is 4.72 Å². The molecular formula is C11H18N2O2S. The third kappa shape index (κ3) is 3.30. The zero-order valence-corrected chi connectivity index (χ0v) is 10.3. The predicted octanol–water partition coefficient (Wildman–Crippen LogP) is 0.876. The van der Waals surface area contributed by atoms with Gasteiger partial charge in [-0.1, -0.05) is 25.1 Å². The molecule has 90 valence electrons. The number of hydrogen-bond acceptors (Lipinski definition) is 3. The number of sulfonamides is 1. The van der Waals surface area contributed by atoms with Gasteiger partial charge in [0.2, 0.25) is 10.0 Å². The van der Waals surface area contributed by atoms with Crippen LogP contribution in [-0.2, 0) is 16.4 Å². The number of aryl methyl sites for hydroxylation is 1. The largest absolute Gasteiger partial charge is 0.330 e. The lowest BCUT2D eigenvalue weighted by atomic mass is 10.2. The fourth-order valence-corrected chi connectivity index (χ4v) is 2.83. The molecule has 1 aromatic carbocycles. The van der Waals surface area contributed by atoms with Gasteiger partial charge in [0, 0.05) is 6.54 Å². The lowest BCUT2D eigenvalue weighted by molar-refractivity contribution is 0.578. The maximum absolute atomic E-state index is 11.9. The minimum atomic E-state index is -3.38. The molecule has 0 aliphatic carbocycles. The van der Waals surface area contributed by atoms with E-state index in [-0.39, 0.29) is 0 Å². The first kappa shape index (κ1) is 13.2. The summed E-state index contributed by atoms with van der Waals surface area (Å²) < 4.78 is 26.4. The SMILES string of the molecule is CCc1ccccc1S(=O)(=O)NCCCN. The zero-order valence-electron chi connectivity index (χ0n) is 9.44. The Hall–Kier alpha value is -0.910. The average Bonchev–Trinajstić information content (AvgIpc) is 2.29. The molecule has 0 saturated carbocycles. The molecule has 1 aromatic rings. The third-order valence-corrected chi connectivity index (χ3v) is 3.88. The first-order chi connectivity index (χ1) is 7.61. The molecule has 0 saturated heterocycles. The summed E-state index contributed by atoms with van der Waals surface area (Å²) in [5.41, 5.74) is 6.15. The van der Waals surface area contributed by atoms with Crippen molar-refractivity contribution in [3.63, 3.8) is 0 Å². The van der Waals surface area contributed by atoms with Crippen LogP contribution < -0.4 is 10.5 Å². The second-order valence-electron chi connectivity index (χ2n) is 3.50. The molecule has 0 atom stereocenters. The van der Waals surface area contributed by atoms with Crippen molar-refractivity contribution in [3.8, 4) is 0 Å². The molecule has 1 rings (SSSR count). The van der Waals surface area contributed by atoms with Crippen LogP contribution in [0.25, 0.3) is 0 Å². The third-order valence-electron chi connectivity index (χ3n) is 2.32. The van der Waals surface area contributed by atoms with E-state index >= 15 is 0 Å². The average molecular weight is 242 g/mol. The standard InChI is InChI=1S/C11H18N2O2S/c1-2-10-6-3-4-7-11(10)16(14,15)13-9-5-8-12/h3-4,6-7,13H,2,5,8-9,12H2,1H3. The van der Waals surface area contributed by atoms with E-state index < -0.39 is 10.0 Å². The molecule has 5 heteroatoms. The fraction of sp³-hybridized carbons (Fsp3) is 0.455. The van der Waals surface area contributed by atoms with Crippen LogP contribution in [0.4, 0.5) is 0 Å². The van der Waals surface area contributed by atoms with Crippen LogP contribution in [0.1, 0.15) is 18.9 Å². The van der Waals surface area contributed by atoms with Crippen molar-refractivity contribution < 1.29 is 8.42 Å². The molecule has 0 aromatic heterocycles. The summed E-state index contributed by atoms with van der Waals surface area (Å²) >= 11 is 0. The van der Waals surface area contributed by atoms with E-state index in [2.05, 4.69) is 4.72 Å². The summed E-state index contributed by atoms with van der Waals surface area (Å²) in [6, 6.07) is 7.04. The molecule has 3 N–H and O–H groups in total. The molecule has 0 aliphatic heterocycles. The van der Waals surface area contributed by atoms with E-state index in [0.717, 1.165) is 5.56 Å². The highest BCUT2D eigenvalue weighted by atomic mass is 32.2. The van der Waals surface area contributed by atoms with Gasteiger partial charge in [0.25, 0.3) is 0 Å². The highest BCUT2D eigenvalue weighted by molar-refractivity contribution is 7.89. The van der Waals surface area contributed by atoms with E-state index in [1.807, 2.05) is 19.1 Å². The van der Waals surface area contributed by atoms with Gasteiger partial charge in [-0.3, -0.25) is 0 Å². The number of nitrogens with one attached hydrogen (secondary N) is 1. The van der Waals surface area contributed by atoms with Crippen LogP contribution in [0.5, 0.6) is 0 Å². The molecule has 0 radical (unpaired) electrons. The molecule has 0 fully saturated rings. The summed E-state index contributed by atoms with van der Waals surface area (Å²) in [5.74, 6) is 0. The van der Waals surface area contributed by atoms with Crippen molar-refractivity contribution in [2.75, 3.05) is 13.1 Å². The predicted molar refractivity (Wildman–Crippen MR) is 64.7 cm³/mol. The number of hydrogen-bond donors (Lipinski definition) is 2. The van der Waals surface area contributed by atoms with Crippen LogP contribution in [0.15, 0.2) is 29.2 Å². The summed E-state index contributed by atoms with van der Waals surface area (Å²) in [6.45, 7) is 2.81. The molecule has 16 heavy (non-hydrogen) atoms. The Kier molecular flexibility index (Phi) is 4.92.